The summed E-state index contributed by atoms with van der Waals surface area (Å²) in [5.41, 5.74) is 1.51. The standard InChI is InChI=1S/C24H26N6O3/c1-17-19(23(32)27-14-18-8-3-2-4-9-18)15-26-22(28-17)20-10-5-6-13-30(20)21(31)16-29-12-7-11-25-24(29)33/h2-4,7-9,11-12,15,20H,5-6,10,13-14,16H2,1H3,(H,27,32)/t20-/m0/s1. The second kappa shape index (κ2) is 10.2. The molecule has 1 aromatic carbocycles. The maximum atomic E-state index is 13.0. The number of aromatic nitrogens is 4. The average molecular weight is 447 g/mol. The summed E-state index contributed by atoms with van der Waals surface area (Å²) in [6.07, 6.45) is 7.04. The number of carbonyl (C=O) groups excluding carboxylic acids is 2. The summed E-state index contributed by atoms with van der Waals surface area (Å²) >= 11 is 0. The topological polar surface area (TPSA) is 110 Å². The lowest BCUT2D eigenvalue weighted by Crippen LogP contribution is -2.42. The smallest absolute Gasteiger partial charge is 0.347 e. The Bertz CT molecular complexity index is 1190. The summed E-state index contributed by atoms with van der Waals surface area (Å²) in [7, 11) is 0. The van der Waals surface area contributed by atoms with Crippen molar-refractivity contribution < 1.29 is 9.59 Å². The van der Waals surface area contributed by atoms with Crippen molar-refractivity contribution >= 4 is 11.8 Å². The van der Waals surface area contributed by atoms with Crippen LogP contribution in [0.5, 0.6) is 0 Å². The minimum Gasteiger partial charge on any atom is -0.348 e. The summed E-state index contributed by atoms with van der Waals surface area (Å²) in [6, 6.07) is 11.0. The molecule has 3 aromatic rings. The van der Waals surface area contributed by atoms with Gasteiger partial charge in [0, 0.05) is 31.7 Å². The lowest BCUT2D eigenvalue weighted by Gasteiger charge is -2.35. The highest BCUT2D eigenvalue weighted by atomic mass is 16.2. The Hall–Kier alpha value is -3.88. The molecule has 9 nitrogen and oxygen atoms in total. The van der Waals surface area contributed by atoms with E-state index in [1.54, 1.807) is 24.1 Å². The van der Waals surface area contributed by atoms with E-state index in [1.165, 1.54) is 17.0 Å². The van der Waals surface area contributed by atoms with Gasteiger partial charge in [0.05, 0.1) is 17.3 Å². The van der Waals surface area contributed by atoms with Crippen molar-refractivity contribution in [2.75, 3.05) is 6.54 Å². The monoisotopic (exact) mass is 446 g/mol. The molecule has 0 bridgehead atoms. The third-order valence-corrected chi connectivity index (χ3v) is 5.75. The second-order valence-electron chi connectivity index (χ2n) is 8.02. The van der Waals surface area contributed by atoms with Gasteiger partial charge in [0.15, 0.2) is 5.82 Å². The van der Waals surface area contributed by atoms with E-state index in [9.17, 15) is 14.4 Å². The highest BCUT2D eigenvalue weighted by Crippen LogP contribution is 2.29. The maximum absolute atomic E-state index is 13.0. The van der Waals surface area contributed by atoms with E-state index in [4.69, 9.17) is 0 Å². The Morgan fingerprint density at radius 2 is 1.94 bits per heavy atom. The van der Waals surface area contributed by atoms with E-state index in [0.29, 0.717) is 30.2 Å². The van der Waals surface area contributed by atoms with E-state index in [2.05, 4.69) is 20.3 Å². The van der Waals surface area contributed by atoms with Gasteiger partial charge in [-0.25, -0.2) is 19.7 Å². The molecule has 1 saturated heterocycles. The van der Waals surface area contributed by atoms with Gasteiger partial charge in [-0.1, -0.05) is 30.3 Å². The molecular formula is C24H26N6O3. The first-order valence-corrected chi connectivity index (χ1v) is 11.0. The third kappa shape index (κ3) is 5.31. The summed E-state index contributed by atoms with van der Waals surface area (Å²) in [4.78, 5) is 52.0. The molecule has 0 radical (unpaired) electrons. The molecule has 4 rings (SSSR count). The Balaban J connectivity index is 1.48. The van der Waals surface area contributed by atoms with Crippen LogP contribution in [0.4, 0.5) is 0 Å². The average Bonchev–Trinajstić information content (AvgIpc) is 2.84. The van der Waals surface area contributed by atoms with Crippen LogP contribution in [0, 0.1) is 6.92 Å². The normalized spacial score (nSPS) is 15.8. The largest absolute Gasteiger partial charge is 0.348 e. The van der Waals surface area contributed by atoms with Crippen molar-refractivity contribution in [3.63, 3.8) is 0 Å². The van der Waals surface area contributed by atoms with Crippen LogP contribution in [0.2, 0.25) is 0 Å². The number of hydrogen-bond donors (Lipinski definition) is 1. The molecule has 1 N–H and O–H groups in total. The Labute approximate surface area is 191 Å². The van der Waals surface area contributed by atoms with Gasteiger partial charge in [-0.05, 0) is 37.8 Å². The Morgan fingerprint density at radius 3 is 2.70 bits per heavy atom. The first-order valence-electron chi connectivity index (χ1n) is 11.0. The molecule has 9 heteroatoms. The molecule has 1 aliphatic rings. The zero-order chi connectivity index (χ0) is 23.2. The zero-order valence-corrected chi connectivity index (χ0v) is 18.5. The number of hydrogen-bond acceptors (Lipinski definition) is 6. The minimum absolute atomic E-state index is 0.0812. The second-order valence-corrected chi connectivity index (χ2v) is 8.02. The van der Waals surface area contributed by atoms with Crippen LogP contribution in [0.3, 0.4) is 0 Å². The van der Waals surface area contributed by atoms with E-state index in [1.807, 2.05) is 30.3 Å². The fourth-order valence-electron chi connectivity index (χ4n) is 3.98. The van der Waals surface area contributed by atoms with Crippen LogP contribution >= 0.6 is 0 Å². The van der Waals surface area contributed by atoms with Gasteiger partial charge in [0.2, 0.25) is 5.91 Å². The predicted molar refractivity (Wildman–Crippen MR) is 121 cm³/mol. The SMILES string of the molecule is Cc1nc([C@@H]2CCCCN2C(=O)Cn2cccnc2=O)ncc1C(=O)NCc1ccccc1. The lowest BCUT2D eigenvalue weighted by molar-refractivity contribution is -0.136. The molecule has 2 amide bonds. The van der Waals surface area contributed by atoms with Crippen molar-refractivity contribution in [3.8, 4) is 0 Å². The molecule has 33 heavy (non-hydrogen) atoms. The number of piperidine rings is 1. The minimum atomic E-state index is -0.461. The van der Waals surface area contributed by atoms with E-state index in [0.717, 1.165) is 24.8 Å². The maximum Gasteiger partial charge on any atom is 0.347 e. The van der Waals surface area contributed by atoms with E-state index in [-0.39, 0.29) is 24.4 Å². The van der Waals surface area contributed by atoms with Crippen LogP contribution in [0.25, 0.3) is 0 Å². The number of aryl methyl sites for hydroxylation is 1. The van der Waals surface area contributed by atoms with Gasteiger partial charge in [0.25, 0.3) is 5.91 Å². The molecule has 1 fully saturated rings. The van der Waals surface area contributed by atoms with Crippen molar-refractivity contribution in [1.29, 1.82) is 0 Å². The van der Waals surface area contributed by atoms with Crippen LogP contribution in [0.1, 0.15) is 52.7 Å². The lowest BCUT2D eigenvalue weighted by atomic mass is 10.0. The zero-order valence-electron chi connectivity index (χ0n) is 18.5. The predicted octanol–water partition coefficient (Wildman–Crippen LogP) is 2.03. The molecule has 1 aliphatic heterocycles. The van der Waals surface area contributed by atoms with Gasteiger partial charge in [-0.2, -0.15) is 0 Å². The Kier molecular flexibility index (Phi) is 6.87. The number of amides is 2. The molecule has 0 spiro atoms. The Morgan fingerprint density at radius 1 is 1.12 bits per heavy atom. The fraction of sp³-hybridized carbons (Fsp3) is 0.333. The van der Waals surface area contributed by atoms with Crippen molar-refractivity contribution in [2.24, 2.45) is 0 Å². The molecule has 2 aromatic heterocycles. The number of rotatable bonds is 6. The summed E-state index contributed by atoms with van der Waals surface area (Å²) in [5.74, 6) is 0.0925. The molecule has 0 aliphatic carbocycles. The number of likely N-dealkylation sites (tertiary alicyclic amines) is 1. The molecule has 0 saturated carbocycles. The summed E-state index contributed by atoms with van der Waals surface area (Å²) in [6.45, 7) is 2.68. The van der Waals surface area contributed by atoms with Crippen LogP contribution in [0.15, 0.2) is 59.8 Å². The van der Waals surface area contributed by atoms with Crippen molar-refractivity contribution in [1.82, 2.24) is 29.7 Å². The highest BCUT2D eigenvalue weighted by Gasteiger charge is 2.30. The van der Waals surface area contributed by atoms with Crippen LogP contribution in [-0.2, 0) is 17.9 Å². The van der Waals surface area contributed by atoms with Gasteiger partial charge in [-0.3, -0.25) is 14.2 Å². The first-order chi connectivity index (χ1) is 16.0. The third-order valence-electron chi connectivity index (χ3n) is 5.75. The van der Waals surface area contributed by atoms with Gasteiger partial charge < -0.3 is 10.2 Å². The van der Waals surface area contributed by atoms with Gasteiger partial charge in [0.1, 0.15) is 6.54 Å². The number of nitrogens with zero attached hydrogens (tertiary/aromatic N) is 5. The molecule has 3 heterocycles. The van der Waals surface area contributed by atoms with Gasteiger partial charge in [-0.15, -0.1) is 0 Å². The van der Waals surface area contributed by atoms with E-state index < -0.39 is 5.69 Å². The molecular weight excluding hydrogens is 420 g/mol. The summed E-state index contributed by atoms with van der Waals surface area (Å²) in [5, 5.41) is 2.89. The quantitative estimate of drug-likeness (QED) is 0.620. The van der Waals surface area contributed by atoms with Crippen LogP contribution < -0.4 is 11.0 Å². The molecule has 1 atom stereocenters. The van der Waals surface area contributed by atoms with Gasteiger partial charge >= 0.3 is 5.69 Å². The fourth-order valence-corrected chi connectivity index (χ4v) is 3.98. The van der Waals surface area contributed by atoms with Crippen LogP contribution in [-0.4, -0.2) is 42.8 Å². The number of carbonyl (C=O) groups is 2. The number of benzene rings is 1. The molecule has 170 valence electrons. The summed E-state index contributed by atoms with van der Waals surface area (Å²) < 4.78 is 1.29. The first kappa shape index (κ1) is 22.3. The van der Waals surface area contributed by atoms with Crippen molar-refractivity contribution in [2.45, 2.75) is 45.3 Å². The molecule has 0 unspecified atom stereocenters. The van der Waals surface area contributed by atoms with E-state index >= 15 is 0 Å². The van der Waals surface area contributed by atoms with Crippen molar-refractivity contribution in [3.05, 3.63) is 88.1 Å². The number of nitrogens with one attached hydrogen (secondary N) is 1. The highest BCUT2D eigenvalue weighted by molar-refractivity contribution is 5.94.